The van der Waals surface area contributed by atoms with Gasteiger partial charge in [0, 0.05) is 24.5 Å². The van der Waals surface area contributed by atoms with Crippen molar-refractivity contribution in [2.75, 3.05) is 29.9 Å². The summed E-state index contributed by atoms with van der Waals surface area (Å²) in [5.74, 6) is -0.183. The van der Waals surface area contributed by atoms with Crippen molar-refractivity contribution in [2.45, 2.75) is 20.8 Å². The molecular weight excluding hydrogens is 312 g/mol. The SMILES string of the molecule is CCN(CC)c1ccc(C=NNC(=O)CNc2cccc(C)c2)cc1. The van der Waals surface area contributed by atoms with Gasteiger partial charge in [-0.3, -0.25) is 4.79 Å². The van der Waals surface area contributed by atoms with Gasteiger partial charge in [-0.25, -0.2) is 5.43 Å². The van der Waals surface area contributed by atoms with Crippen molar-refractivity contribution in [3.05, 3.63) is 59.7 Å². The second-order valence-electron chi connectivity index (χ2n) is 5.78. The molecule has 5 heteroatoms. The van der Waals surface area contributed by atoms with Gasteiger partial charge in [-0.1, -0.05) is 24.3 Å². The first-order valence-corrected chi connectivity index (χ1v) is 8.59. The van der Waals surface area contributed by atoms with E-state index in [4.69, 9.17) is 0 Å². The number of benzene rings is 2. The highest BCUT2D eigenvalue weighted by molar-refractivity contribution is 5.84. The van der Waals surface area contributed by atoms with Crippen LogP contribution in [0.4, 0.5) is 11.4 Å². The van der Waals surface area contributed by atoms with Gasteiger partial charge in [-0.05, 0) is 56.2 Å². The molecule has 0 aliphatic carbocycles. The van der Waals surface area contributed by atoms with Crippen LogP contribution in [-0.2, 0) is 4.79 Å². The molecule has 2 aromatic rings. The Morgan fingerprint density at radius 2 is 1.84 bits per heavy atom. The molecule has 2 aromatic carbocycles. The lowest BCUT2D eigenvalue weighted by Crippen LogP contribution is -2.25. The third-order valence-electron chi connectivity index (χ3n) is 3.90. The lowest BCUT2D eigenvalue weighted by atomic mass is 10.2. The van der Waals surface area contributed by atoms with Gasteiger partial charge in [0.05, 0.1) is 12.8 Å². The lowest BCUT2D eigenvalue weighted by Gasteiger charge is -2.20. The van der Waals surface area contributed by atoms with Crippen molar-refractivity contribution < 1.29 is 4.79 Å². The average molecular weight is 338 g/mol. The number of hydrogen-bond acceptors (Lipinski definition) is 4. The first-order chi connectivity index (χ1) is 12.1. The summed E-state index contributed by atoms with van der Waals surface area (Å²) in [4.78, 5) is 14.1. The van der Waals surface area contributed by atoms with Crippen LogP contribution >= 0.6 is 0 Å². The molecule has 0 atom stereocenters. The number of amides is 1. The zero-order valence-corrected chi connectivity index (χ0v) is 15.1. The maximum Gasteiger partial charge on any atom is 0.259 e. The Morgan fingerprint density at radius 1 is 1.12 bits per heavy atom. The molecule has 0 aliphatic rings. The summed E-state index contributed by atoms with van der Waals surface area (Å²) in [6.45, 7) is 8.43. The van der Waals surface area contributed by atoms with Crippen LogP contribution in [0.25, 0.3) is 0 Å². The van der Waals surface area contributed by atoms with Crippen LogP contribution in [0.3, 0.4) is 0 Å². The number of hydrazone groups is 1. The third-order valence-corrected chi connectivity index (χ3v) is 3.90. The minimum absolute atomic E-state index is 0.182. The molecule has 5 nitrogen and oxygen atoms in total. The summed E-state index contributed by atoms with van der Waals surface area (Å²) in [7, 11) is 0. The molecule has 25 heavy (non-hydrogen) atoms. The van der Waals surface area contributed by atoms with E-state index < -0.39 is 0 Å². The monoisotopic (exact) mass is 338 g/mol. The topological polar surface area (TPSA) is 56.7 Å². The number of nitrogens with zero attached hydrogens (tertiary/aromatic N) is 2. The van der Waals surface area contributed by atoms with Gasteiger partial charge in [-0.15, -0.1) is 0 Å². The van der Waals surface area contributed by atoms with E-state index in [1.54, 1.807) is 6.21 Å². The molecule has 0 unspecified atom stereocenters. The maximum absolute atomic E-state index is 11.8. The highest BCUT2D eigenvalue weighted by Crippen LogP contribution is 2.14. The summed E-state index contributed by atoms with van der Waals surface area (Å²) in [5, 5.41) is 7.08. The van der Waals surface area contributed by atoms with Crippen LogP contribution in [-0.4, -0.2) is 31.8 Å². The maximum atomic E-state index is 11.8. The van der Waals surface area contributed by atoms with E-state index in [0.29, 0.717) is 0 Å². The summed E-state index contributed by atoms with van der Waals surface area (Å²) < 4.78 is 0. The van der Waals surface area contributed by atoms with E-state index in [1.807, 2.05) is 43.3 Å². The molecule has 0 saturated heterocycles. The Labute approximate surface area is 149 Å². The van der Waals surface area contributed by atoms with E-state index >= 15 is 0 Å². The van der Waals surface area contributed by atoms with Gasteiger partial charge in [0.1, 0.15) is 0 Å². The smallest absolute Gasteiger partial charge is 0.259 e. The molecule has 132 valence electrons. The molecule has 0 bridgehead atoms. The van der Waals surface area contributed by atoms with Gasteiger partial charge in [0.2, 0.25) is 0 Å². The fraction of sp³-hybridized carbons (Fsp3) is 0.300. The predicted octanol–water partition coefficient (Wildman–Crippen LogP) is 3.40. The first kappa shape index (κ1) is 18.5. The van der Waals surface area contributed by atoms with Crippen LogP contribution in [0.15, 0.2) is 53.6 Å². The van der Waals surface area contributed by atoms with Gasteiger partial charge in [0.25, 0.3) is 5.91 Å². The Kier molecular flexibility index (Phi) is 7.01. The van der Waals surface area contributed by atoms with Crippen molar-refractivity contribution >= 4 is 23.5 Å². The third kappa shape index (κ3) is 5.95. The number of aryl methyl sites for hydroxylation is 1. The zero-order valence-electron chi connectivity index (χ0n) is 15.1. The number of nitrogens with one attached hydrogen (secondary N) is 2. The first-order valence-electron chi connectivity index (χ1n) is 8.59. The second-order valence-corrected chi connectivity index (χ2v) is 5.78. The number of rotatable bonds is 8. The summed E-state index contributed by atoms with van der Waals surface area (Å²) in [6.07, 6.45) is 1.65. The summed E-state index contributed by atoms with van der Waals surface area (Å²) in [5.41, 5.74) is 6.74. The Balaban J connectivity index is 1.80. The normalized spacial score (nSPS) is 10.7. The standard InChI is InChI=1S/C20H26N4O/c1-4-24(5-2)19-11-9-17(10-12-19)14-22-23-20(25)15-21-18-8-6-7-16(3)13-18/h6-14,21H,4-5,15H2,1-3H3,(H,23,25). The number of carbonyl (C=O) groups excluding carboxylic acids is 1. The molecule has 0 spiro atoms. The Hall–Kier alpha value is -2.82. The van der Waals surface area contributed by atoms with E-state index in [0.717, 1.165) is 29.9 Å². The Bertz CT molecular complexity index is 706. The molecular formula is C20H26N4O. The van der Waals surface area contributed by atoms with E-state index in [9.17, 15) is 4.79 Å². The molecule has 1 amide bonds. The van der Waals surface area contributed by atoms with Gasteiger partial charge < -0.3 is 10.2 Å². The fourth-order valence-corrected chi connectivity index (χ4v) is 2.52. The van der Waals surface area contributed by atoms with Crippen molar-refractivity contribution in [1.82, 2.24) is 5.43 Å². The fourth-order valence-electron chi connectivity index (χ4n) is 2.52. The van der Waals surface area contributed by atoms with E-state index in [2.05, 4.69) is 46.7 Å². The molecule has 2 rings (SSSR count). The summed E-state index contributed by atoms with van der Waals surface area (Å²) >= 11 is 0. The lowest BCUT2D eigenvalue weighted by molar-refractivity contribution is -0.119. The average Bonchev–Trinajstić information content (AvgIpc) is 2.62. The molecule has 0 fully saturated rings. The van der Waals surface area contributed by atoms with Crippen LogP contribution in [0, 0.1) is 6.92 Å². The molecule has 0 saturated carbocycles. The minimum atomic E-state index is -0.183. The van der Waals surface area contributed by atoms with Crippen LogP contribution in [0.1, 0.15) is 25.0 Å². The number of hydrogen-bond donors (Lipinski definition) is 2. The largest absolute Gasteiger partial charge is 0.376 e. The van der Waals surface area contributed by atoms with E-state index in [1.165, 1.54) is 5.69 Å². The van der Waals surface area contributed by atoms with Gasteiger partial charge in [0.15, 0.2) is 0 Å². The zero-order chi connectivity index (χ0) is 18.1. The highest BCUT2D eigenvalue weighted by atomic mass is 16.2. The molecule has 2 N–H and O–H groups in total. The number of carbonyl (C=O) groups is 1. The molecule has 0 aliphatic heterocycles. The van der Waals surface area contributed by atoms with Gasteiger partial charge in [-0.2, -0.15) is 5.10 Å². The van der Waals surface area contributed by atoms with Crippen LogP contribution in [0.5, 0.6) is 0 Å². The van der Waals surface area contributed by atoms with Crippen molar-refractivity contribution in [3.63, 3.8) is 0 Å². The van der Waals surface area contributed by atoms with Crippen molar-refractivity contribution in [3.8, 4) is 0 Å². The quantitative estimate of drug-likeness (QED) is 0.573. The molecule has 0 aromatic heterocycles. The van der Waals surface area contributed by atoms with Crippen molar-refractivity contribution in [1.29, 1.82) is 0 Å². The number of anilines is 2. The molecule has 0 radical (unpaired) electrons. The predicted molar refractivity (Wildman–Crippen MR) is 105 cm³/mol. The van der Waals surface area contributed by atoms with Crippen LogP contribution in [0.2, 0.25) is 0 Å². The van der Waals surface area contributed by atoms with Crippen molar-refractivity contribution in [2.24, 2.45) is 5.10 Å². The van der Waals surface area contributed by atoms with Gasteiger partial charge >= 0.3 is 0 Å². The van der Waals surface area contributed by atoms with E-state index in [-0.39, 0.29) is 12.5 Å². The minimum Gasteiger partial charge on any atom is -0.376 e. The Morgan fingerprint density at radius 3 is 2.48 bits per heavy atom. The van der Waals surface area contributed by atoms with Crippen LogP contribution < -0.4 is 15.6 Å². The molecule has 0 heterocycles. The summed E-state index contributed by atoms with van der Waals surface area (Å²) in [6, 6.07) is 16.0. The highest BCUT2D eigenvalue weighted by Gasteiger charge is 2.01. The second kappa shape index (κ2) is 9.47.